The summed E-state index contributed by atoms with van der Waals surface area (Å²) in [6.45, 7) is 5.57. The van der Waals surface area contributed by atoms with Crippen LogP contribution in [0.3, 0.4) is 0 Å². The molecule has 2 aromatic rings. The zero-order chi connectivity index (χ0) is 26.3. The average molecular weight is 511 g/mol. The predicted molar refractivity (Wildman–Crippen MR) is 149 cm³/mol. The second kappa shape index (κ2) is 15.7. The molecule has 1 N–H and O–H groups in total. The molecule has 1 saturated carbocycles. The Morgan fingerprint density at radius 1 is 0.784 bits per heavy atom. The second-order valence-corrected chi connectivity index (χ2v) is 10.4. The maximum absolute atomic E-state index is 12.0. The van der Waals surface area contributed by atoms with Crippen molar-refractivity contribution in [2.45, 2.75) is 109 Å². The van der Waals surface area contributed by atoms with Crippen LogP contribution in [0.25, 0.3) is 11.1 Å². The number of ether oxygens (including phenoxy) is 3. The first-order valence-electron chi connectivity index (χ1n) is 14.4. The molecule has 5 nitrogen and oxygen atoms in total. The van der Waals surface area contributed by atoms with Crippen molar-refractivity contribution in [2.75, 3.05) is 13.2 Å². The lowest BCUT2D eigenvalue weighted by atomic mass is 9.78. The molecule has 0 heterocycles. The number of rotatable bonds is 15. The summed E-state index contributed by atoms with van der Waals surface area (Å²) in [5.74, 6) is 0.904. The molecule has 0 bridgehead atoms. The minimum Gasteiger partial charge on any atom is -0.494 e. The van der Waals surface area contributed by atoms with Crippen molar-refractivity contribution in [1.29, 1.82) is 0 Å². The molecule has 1 aliphatic carbocycles. The molecule has 5 heteroatoms. The van der Waals surface area contributed by atoms with Crippen molar-refractivity contribution in [3.8, 4) is 16.9 Å². The van der Waals surface area contributed by atoms with Gasteiger partial charge in [-0.05, 0) is 67.3 Å². The van der Waals surface area contributed by atoms with E-state index in [2.05, 4.69) is 38.1 Å². The summed E-state index contributed by atoms with van der Waals surface area (Å²) in [4.78, 5) is 12.0. The van der Waals surface area contributed by atoms with Gasteiger partial charge in [-0.25, -0.2) is 4.79 Å². The molecule has 204 valence electrons. The fourth-order valence-electron chi connectivity index (χ4n) is 4.94. The number of hydrogen-bond acceptors (Lipinski definition) is 5. The Labute approximate surface area is 223 Å². The summed E-state index contributed by atoms with van der Waals surface area (Å²) in [7, 11) is 0. The Hall–Kier alpha value is -2.53. The molecule has 1 fully saturated rings. The van der Waals surface area contributed by atoms with Crippen LogP contribution in [0.5, 0.6) is 5.75 Å². The Balaban J connectivity index is 1.42. The number of hydrogen-bond donors (Lipinski definition) is 1. The maximum Gasteiger partial charge on any atom is 0.508 e. The molecule has 37 heavy (non-hydrogen) atoms. The van der Waals surface area contributed by atoms with Crippen molar-refractivity contribution in [1.82, 2.24) is 0 Å². The lowest BCUT2D eigenvalue weighted by Crippen LogP contribution is -2.35. The van der Waals surface area contributed by atoms with Gasteiger partial charge in [0.15, 0.2) is 0 Å². The van der Waals surface area contributed by atoms with Crippen LogP contribution in [0.2, 0.25) is 0 Å². The standard InChI is InChI=1S/C32H46O5/c1-3-5-7-9-11-25-36-31(33)37-30-20-22-32(34,23-21-30)28-16-12-26(13-17-28)27-14-18-29(19-15-27)35-24-10-8-6-4-2/h12-19,30,34H,3-11,20-25H2,1-2H3. The third kappa shape index (κ3) is 9.70. The van der Waals surface area contributed by atoms with E-state index in [4.69, 9.17) is 14.2 Å². The van der Waals surface area contributed by atoms with Gasteiger partial charge in [0.05, 0.1) is 18.8 Å². The highest BCUT2D eigenvalue weighted by Crippen LogP contribution is 2.39. The molecule has 0 aromatic heterocycles. The molecule has 0 radical (unpaired) electrons. The minimum absolute atomic E-state index is 0.195. The number of aliphatic hydroxyl groups is 1. The van der Waals surface area contributed by atoms with Gasteiger partial charge in [-0.2, -0.15) is 0 Å². The molecule has 3 rings (SSSR count). The first-order chi connectivity index (χ1) is 18.0. The first kappa shape index (κ1) is 29.0. The summed E-state index contributed by atoms with van der Waals surface area (Å²) in [6.07, 6.45) is 12.0. The quantitative estimate of drug-likeness (QED) is 0.192. The van der Waals surface area contributed by atoms with E-state index in [1.54, 1.807) is 0 Å². The minimum atomic E-state index is -0.892. The van der Waals surface area contributed by atoms with Gasteiger partial charge in [0.1, 0.15) is 11.9 Å². The third-order valence-electron chi connectivity index (χ3n) is 7.37. The highest BCUT2D eigenvalue weighted by Gasteiger charge is 2.36. The normalized spacial score (nSPS) is 19.4. The Bertz CT molecular complexity index is 898. The molecule has 0 unspecified atom stereocenters. The van der Waals surface area contributed by atoms with E-state index < -0.39 is 11.8 Å². The summed E-state index contributed by atoms with van der Waals surface area (Å²) >= 11 is 0. The van der Waals surface area contributed by atoms with Crippen LogP contribution in [-0.4, -0.2) is 30.6 Å². The number of carbonyl (C=O) groups excluding carboxylic acids is 1. The van der Waals surface area contributed by atoms with Crippen LogP contribution in [0.15, 0.2) is 48.5 Å². The van der Waals surface area contributed by atoms with Crippen molar-refractivity contribution >= 4 is 6.16 Å². The first-order valence-corrected chi connectivity index (χ1v) is 14.4. The maximum atomic E-state index is 12.0. The van der Waals surface area contributed by atoms with E-state index in [9.17, 15) is 9.90 Å². The highest BCUT2D eigenvalue weighted by atomic mass is 16.7. The van der Waals surface area contributed by atoms with Gasteiger partial charge in [0, 0.05) is 0 Å². The monoisotopic (exact) mass is 510 g/mol. The van der Waals surface area contributed by atoms with E-state index in [-0.39, 0.29) is 6.10 Å². The molecule has 1 aliphatic rings. The Kier molecular flexibility index (Phi) is 12.3. The molecule has 0 atom stereocenters. The second-order valence-electron chi connectivity index (χ2n) is 10.4. The lowest BCUT2D eigenvalue weighted by Gasteiger charge is -2.36. The molecular formula is C32H46O5. The zero-order valence-corrected chi connectivity index (χ0v) is 22.9. The molecule has 0 amide bonds. The SMILES string of the molecule is CCCCCCCOC(=O)OC1CCC(O)(c2ccc(-c3ccc(OCCCCCC)cc3)cc2)CC1. The summed E-state index contributed by atoms with van der Waals surface area (Å²) in [5, 5.41) is 11.3. The lowest BCUT2D eigenvalue weighted by molar-refractivity contribution is -0.0538. The van der Waals surface area contributed by atoms with Crippen molar-refractivity contribution < 1.29 is 24.1 Å². The summed E-state index contributed by atoms with van der Waals surface area (Å²) < 4.78 is 16.6. The smallest absolute Gasteiger partial charge is 0.494 e. The van der Waals surface area contributed by atoms with Crippen LogP contribution in [0.1, 0.15) is 103 Å². The van der Waals surface area contributed by atoms with Gasteiger partial charge in [0.25, 0.3) is 0 Å². The Morgan fingerprint density at radius 3 is 1.95 bits per heavy atom. The van der Waals surface area contributed by atoms with E-state index >= 15 is 0 Å². The number of benzene rings is 2. The summed E-state index contributed by atoms with van der Waals surface area (Å²) in [5.41, 5.74) is 2.25. The molecule has 0 spiro atoms. The van der Waals surface area contributed by atoms with Gasteiger partial charge in [-0.15, -0.1) is 0 Å². The molecule has 0 aliphatic heterocycles. The topological polar surface area (TPSA) is 65.0 Å². The van der Waals surface area contributed by atoms with E-state index in [1.165, 1.54) is 38.5 Å². The fourth-order valence-corrected chi connectivity index (χ4v) is 4.94. The van der Waals surface area contributed by atoms with Crippen LogP contribution in [0.4, 0.5) is 4.79 Å². The van der Waals surface area contributed by atoms with Gasteiger partial charge in [-0.3, -0.25) is 0 Å². The van der Waals surface area contributed by atoms with E-state index in [0.29, 0.717) is 32.3 Å². The van der Waals surface area contributed by atoms with Crippen LogP contribution in [-0.2, 0) is 15.1 Å². The van der Waals surface area contributed by atoms with E-state index in [0.717, 1.165) is 48.3 Å². The number of carbonyl (C=O) groups is 1. The Morgan fingerprint density at radius 2 is 1.32 bits per heavy atom. The third-order valence-corrected chi connectivity index (χ3v) is 7.37. The van der Waals surface area contributed by atoms with Crippen molar-refractivity contribution in [3.63, 3.8) is 0 Å². The van der Waals surface area contributed by atoms with E-state index in [1.807, 2.05) is 24.3 Å². The van der Waals surface area contributed by atoms with Gasteiger partial charge in [0.2, 0.25) is 0 Å². The predicted octanol–water partition coefficient (Wildman–Crippen LogP) is 8.57. The summed E-state index contributed by atoms with van der Waals surface area (Å²) in [6, 6.07) is 16.4. The largest absolute Gasteiger partial charge is 0.508 e. The van der Waals surface area contributed by atoms with Crippen LogP contribution in [0, 0.1) is 0 Å². The number of unbranched alkanes of at least 4 members (excludes halogenated alkanes) is 7. The molecule has 2 aromatic carbocycles. The van der Waals surface area contributed by atoms with Gasteiger partial charge < -0.3 is 19.3 Å². The average Bonchev–Trinajstić information content (AvgIpc) is 2.92. The van der Waals surface area contributed by atoms with Crippen molar-refractivity contribution in [2.24, 2.45) is 0 Å². The van der Waals surface area contributed by atoms with Gasteiger partial charge >= 0.3 is 6.16 Å². The van der Waals surface area contributed by atoms with Crippen molar-refractivity contribution in [3.05, 3.63) is 54.1 Å². The zero-order valence-electron chi connectivity index (χ0n) is 22.9. The van der Waals surface area contributed by atoms with Crippen LogP contribution >= 0.6 is 0 Å². The van der Waals surface area contributed by atoms with Crippen LogP contribution < -0.4 is 4.74 Å². The highest BCUT2D eigenvalue weighted by molar-refractivity contribution is 5.64. The molecule has 0 saturated heterocycles. The fraction of sp³-hybridized carbons (Fsp3) is 0.594. The van der Waals surface area contributed by atoms with Gasteiger partial charge in [-0.1, -0.05) is 95.2 Å². The molecular weight excluding hydrogens is 464 g/mol.